The Morgan fingerprint density at radius 1 is 1.12 bits per heavy atom. The zero-order chi connectivity index (χ0) is 23.0. The van der Waals surface area contributed by atoms with Crippen LogP contribution in [-0.4, -0.2) is 32.5 Å². The fraction of sp³-hybridized carbons (Fsp3) is 0.320. The van der Waals surface area contributed by atoms with Gasteiger partial charge in [-0.05, 0) is 60.1 Å². The first-order valence-corrected chi connectivity index (χ1v) is 11.0. The minimum atomic E-state index is -0.657. The first-order chi connectivity index (χ1) is 15.8. The van der Waals surface area contributed by atoms with E-state index in [1.807, 2.05) is 6.07 Å². The summed E-state index contributed by atoms with van der Waals surface area (Å²) in [5.74, 6) is -0.684. The Balaban J connectivity index is 1.50. The minimum absolute atomic E-state index is 0.00779. The Bertz CT molecular complexity index is 1330. The van der Waals surface area contributed by atoms with Crippen molar-refractivity contribution in [3.05, 3.63) is 77.4 Å². The number of benzene rings is 1. The van der Waals surface area contributed by atoms with Crippen molar-refractivity contribution in [1.82, 2.24) is 20.2 Å². The summed E-state index contributed by atoms with van der Waals surface area (Å²) in [6.07, 6.45) is 6.67. The molecule has 3 heterocycles. The van der Waals surface area contributed by atoms with Crippen molar-refractivity contribution < 1.29 is 13.6 Å². The van der Waals surface area contributed by atoms with Gasteiger partial charge in [0.05, 0.1) is 34.6 Å². The zero-order valence-electron chi connectivity index (χ0n) is 18.2. The number of carbonyl (C=O) groups excluding carboxylic acids is 1. The van der Waals surface area contributed by atoms with Gasteiger partial charge in [0.15, 0.2) is 5.78 Å². The highest BCUT2D eigenvalue weighted by Gasteiger charge is 2.65. The molecule has 166 valence electrons. The molecule has 2 atom stereocenters. The lowest BCUT2D eigenvalue weighted by atomic mass is 9.66. The van der Waals surface area contributed by atoms with Crippen LogP contribution in [0.2, 0.25) is 0 Å². The van der Waals surface area contributed by atoms with Crippen LogP contribution in [0.25, 0.3) is 11.3 Å². The molecule has 1 aromatic carbocycles. The molecular formula is C25H21F2N5O. The van der Waals surface area contributed by atoms with Gasteiger partial charge in [-0.1, -0.05) is 19.9 Å². The summed E-state index contributed by atoms with van der Waals surface area (Å²) in [5.41, 5.74) is 1.91. The van der Waals surface area contributed by atoms with E-state index in [4.69, 9.17) is 4.98 Å². The Hall–Kier alpha value is -3.55. The van der Waals surface area contributed by atoms with Gasteiger partial charge in [-0.25, -0.2) is 18.7 Å². The topological polar surface area (TPSA) is 71.9 Å². The van der Waals surface area contributed by atoms with Crippen molar-refractivity contribution in [2.45, 2.75) is 38.0 Å². The highest BCUT2D eigenvalue weighted by Crippen LogP contribution is 2.69. The lowest BCUT2D eigenvalue weighted by Gasteiger charge is -2.37. The van der Waals surface area contributed by atoms with Gasteiger partial charge in [-0.2, -0.15) is 5.10 Å². The van der Waals surface area contributed by atoms with Crippen LogP contribution in [0.5, 0.6) is 0 Å². The maximum Gasteiger partial charge on any atom is 0.230 e. The standard InChI is InChI=1S/C25H21F2N5O/c1-24(2)16-6-9-25(24,20-7-10-28-23(29-20)32-11-8-14(33)13-32)22-15(16)12-19(30-31-22)21-17(26)4-3-5-18(21)27/h3-5,7-8,10-12,16H,6,9,13H2,1-2H3/t16-,25-/m0/s1. The number of nitrogens with zero attached hydrogens (tertiary/aromatic N) is 5. The molecular weight excluding hydrogens is 424 g/mol. The highest BCUT2D eigenvalue weighted by atomic mass is 19.1. The third-order valence-corrected chi connectivity index (χ3v) is 7.70. The number of aromatic nitrogens is 4. The molecule has 0 amide bonds. The molecule has 0 spiro atoms. The third kappa shape index (κ3) is 2.60. The monoisotopic (exact) mass is 445 g/mol. The molecule has 1 fully saturated rings. The van der Waals surface area contributed by atoms with Gasteiger partial charge in [-0.15, -0.1) is 5.10 Å². The Labute approximate surface area is 189 Å². The summed E-state index contributed by atoms with van der Waals surface area (Å²) in [5, 5.41) is 8.83. The SMILES string of the molecule is CC1(C)[C@H]2CC[C@]1(c1ccnc(N3C=CC(=O)C3)n1)c1nnc(-c3c(F)cccc3F)cc12. The Kier molecular flexibility index (Phi) is 4.09. The summed E-state index contributed by atoms with van der Waals surface area (Å²) < 4.78 is 28.9. The van der Waals surface area contributed by atoms with Gasteiger partial charge in [-0.3, -0.25) is 4.79 Å². The van der Waals surface area contributed by atoms with Crippen molar-refractivity contribution >= 4 is 11.7 Å². The Morgan fingerprint density at radius 2 is 1.91 bits per heavy atom. The number of fused-ring (bicyclic) bond motifs is 5. The second-order valence-corrected chi connectivity index (χ2v) is 9.50. The molecule has 2 bridgehead atoms. The molecule has 6 nitrogen and oxygen atoms in total. The van der Waals surface area contributed by atoms with Gasteiger partial charge in [0, 0.05) is 12.4 Å². The lowest BCUT2D eigenvalue weighted by molar-refractivity contribution is -0.112. The fourth-order valence-corrected chi connectivity index (χ4v) is 6.07. The lowest BCUT2D eigenvalue weighted by Crippen LogP contribution is -2.38. The molecule has 2 aromatic heterocycles. The number of hydrogen-bond acceptors (Lipinski definition) is 6. The molecule has 0 saturated heterocycles. The number of carbonyl (C=O) groups is 1. The molecule has 2 aliphatic carbocycles. The first-order valence-electron chi connectivity index (χ1n) is 11.0. The number of anilines is 1. The van der Waals surface area contributed by atoms with E-state index in [9.17, 15) is 13.6 Å². The van der Waals surface area contributed by atoms with Crippen molar-refractivity contribution in [3.8, 4) is 11.3 Å². The normalized spacial score (nSPS) is 24.5. The van der Waals surface area contributed by atoms with Crippen LogP contribution >= 0.6 is 0 Å². The largest absolute Gasteiger partial charge is 0.309 e. The van der Waals surface area contributed by atoms with Crippen molar-refractivity contribution in [1.29, 1.82) is 0 Å². The molecule has 0 N–H and O–H groups in total. The minimum Gasteiger partial charge on any atom is -0.309 e. The van der Waals surface area contributed by atoms with E-state index < -0.39 is 17.0 Å². The van der Waals surface area contributed by atoms with Gasteiger partial charge >= 0.3 is 0 Å². The molecule has 1 aliphatic heterocycles. The smallest absolute Gasteiger partial charge is 0.230 e. The second kappa shape index (κ2) is 6.73. The average Bonchev–Trinajstić information content (AvgIpc) is 3.40. The van der Waals surface area contributed by atoms with Crippen LogP contribution in [0.4, 0.5) is 14.7 Å². The van der Waals surface area contributed by atoms with Crippen molar-refractivity contribution in [2.75, 3.05) is 11.4 Å². The molecule has 3 aromatic rings. The average molecular weight is 445 g/mol. The summed E-state index contributed by atoms with van der Waals surface area (Å²) in [6.45, 7) is 4.60. The molecule has 8 heteroatoms. The molecule has 33 heavy (non-hydrogen) atoms. The van der Waals surface area contributed by atoms with E-state index in [0.29, 0.717) is 5.95 Å². The van der Waals surface area contributed by atoms with E-state index in [1.165, 1.54) is 24.3 Å². The Morgan fingerprint density at radius 3 is 2.64 bits per heavy atom. The van der Waals surface area contributed by atoms with Gasteiger partial charge in [0.2, 0.25) is 5.95 Å². The van der Waals surface area contributed by atoms with Crippen LogP contribution in [0.1, 0.15) is 49.6 Å². The highest BCUT2D eigenvalue weighted by molar-refractivity contribution is 5.96. The van der Waals surface area contributed by atoms with Crippen LogP contribution in [0.3, 0.4) is 0 Å². The van der Waals surface area contributed by atoms with Crippen molar-refractivity contribution in [3.63, 3.8) is 0 Å². The van der Waals surface area contributed by atoms with Gasteiger partial charge < -0.3 is 4.90 Å². The number of ketones is 1. The zero-order valence-corrected chi connectivity index (χ0v) is 18.2. The molecule has 6 rings (SSSR count). The maximum atomic E-state index is 14.4. The van der Waals surface area contributed by atoms with E-state index in [0.717, 1.165) is 29.8 Å². The molecule has 0 radical (unpaired) electrons. The molecule has 0 unspecified atom stereocenters. The van der Waals surface area contributed by atoms with E-state index in [-0.39, 0.29) is 34.9 Å². The number of halogens is 2. The maximum absolute atomic E-state index is 14.4. The summed E-state index contributed by atoms with van der Waals surface area (Å²) in [6, 6.07) is 7.48. The van der Waals surface area contributed by atoms with Gasteiger partial charge in [0.1, 0.15) is 11.6 Å². The predicted molar refractivity (Wildman–Crippen MR) is 117 cm³/mol. The number of rotatable bonds is 3. The van der Waals surface area contributed by atoms with Gasteiger partial charge in [0.25, 0.3) is 0 Å². The van der Waals surface area contributed by atoms with E-state index in [2.05, 4.69) is 29.0 Å². The van der Waals surface area contributed by atoms with Crippen LogP contribution < -0.4 is 4.90 Å². The van der Waals surface area contributed by atoms with Crippen LogP contribution in [0, 0.1) is 17.0 Å². The van der Waals surface area contributed by atoms with E-state index in [1.54, 1.807) is 23.4 Å². The van der Waals surface area contributed by atoms with Crippen molar-refractivity contribution in [2.24, 2.45) is 5.41 Å². The summed E-state index contributed by atoms with van der Waals surface area (Å²) >= 11 is 0. The summed E-state index contributed by atoms with van der Waals surface area (Å²) in [4.78, 5) is 22.7. The van der Waals surface area contributed by atoms with Crippen LogP contribution in [-0.2, 0) is 10.2 Å². The fourth-order valence-electron chi connectivity index (χ4n) is 6.07. The quantitative estimate of drug-likeness (QED) is 0.598. The van der Waals surface area contributed by atoms with Crippen LogP contribution in [0.15, 0.2) is 48.8 Å². The first kappa shape index (κ1) is 20.1. The third-order valence-electron chi connectivity index (χ3n) is 7.70. The molecule has 3 aliphatic rings. The van der Waals surface area contributed by atoms with E-state index >= 15 is 0 Å². The summed E-state index contributed by atoms with van der Waals surface area (Å²) in [7, 11) is 0. The second-order valence-electron chi connectivity index (χ2n) is 9.50. The number of hydrogen-bond donors (Lipinski definition) is 0. The molecule has 1 saturated carbocycles. The predicted octanol–water partition coefficient (Wildman–Crippen LogP) is 4.32.